The molecule has 0 saturated heterocycles. The van der Waals surface area contributed by atoms with Crippen LogP contribution in [0.15, 0.2) is 30.3 Å². The topological polar surface area (TPSA) is 95.2 Å². The summed E-state index contributed by atoms with van der Waals surface area (Å²) in [6.07, 6.45) is 0. The summed E-state index contributed by atoms with van der Waals surface area (Å²) in [6.45, 7) is 1.80. The molecule has 3 unspecified atom stereocenters. The second-order valence-corrected chi connectivity index (χ2v) is 3.86. The number of nitrogens with zero attached hydrogens (tertiary/aromatic N) is 1. The normalized spacial score (nSPS) is 15.5. The van der Waals surface area contributed by atoms with E-state index in [-0.39, 0.29) is 68.8 Å². The molecule has 0 saturated carbocycles. The molecule has 0 aromatic heterocycles. The van der Waals surface area contributed by atoms with E-state index >= 15 is 0 Å². The van der Waals surface area contributed by atoms with Gasteiger partial charge in [0, 0.05) is 24.4 Å². The summed E-state index contributed by atoms with van der Waals surface area (Å²) in [5.41, 5.74) is 12.2. The van der Waals surface area contributed by atoms with Crippen LogP contribution in [-0.2, 0) is 0 Å². The van der Waals surface area contributed by atoms with Gasteiger partial charge >= 0.3 is 51.4 Å². The summed E-state index contributed by atoms with van der Waals surface area (Å²) < 4.78 is 0. The number of nitrogens with two attached hydrogens (primary N) is 2. The van der Waals surface area contributed by atoms with Crippen LogP contribution in [0.2, 0.25) is 0 Å². The number of rotatable bonds is 5. The molecule has 5 nitrogen and oxygen atoms in total. The number of benzene rings is 1. The van der Waals surface area contributed by atoms with E-state index in [0.29, 0.717) is 0 Å². The first-order valence-corrected chi connectivity index (χ1v) is 5.22. The van der Waals surface area contributed by atoms with Gasteiger partial charge in [0.15, 0.2) is 0 Å². The third-order valence-electron chi connectivity index (χ3n) is 2.77. The molecule has 0 fully saturated rings. The van der Waals surface area contributed by atoms with Crippen LogP contribution in [-0.4, -0.2) is 74.9 Å². The first-order chi connectivity index (χ1) is 7.57. The predicted molar refractivity (Wildman–Crippen MR) is 69.8 cm³/mol. The average Bonchev–Trinajstić information content (AvgIpc) is 2.30. The molecule has 17 heavy (non-hydrogen) atoms. The Bertz CT molecular complexity index is 348. The number of hydrogen-bond donors (Lipinski definition) is 2. The van der Waals surface area contributed by atoms with Gasteiger partial charge in [0.1, 0.15) is 0 Å². The van der Waals surface area contributed by atoms with Crippen molar-refractivity contribution in [1.82, 2.24) is 0 Å². The molecule has 90 valence electrons. The number of hydrogen-bond acceptors (Lipinski definition) is 4. The van der Waals surface area contributed by atoms with Crippen molar-refractivity contribution in [3.63, 3.8) is 0 Å². The maximum atomic E-state index is 10.8. The van der Waals surface area contributed by atoms with Crippen molar-refractivity contribution in [2.24, 2.45) is 11.5 Å². The monoisotopic (exact) mass is 263 g/mol. The van der Waals surface area contributed by atoms with Crippen molar-refractivity contribution in [2.45, 2.75) is 24.9 Å². The molecule has 6 heteroatoms. The van der Waals surface area contributed by atoms with Gasteiger partial charge in [0.25, 0.3) is 0 Å². The predicted octanol–water partition coefficient (Wildman–Crippen LogP) is 0.0729. The summed E-state index contributed by atoms with van der Waals surface area (Å²) >= 11 is 0. The van der Waals surface area contributed by atoms with Gasteiger partial charge < -0.3 is 11.5 Å². The summed E-state index contributed by atoms with van der Waals surface area (Å²) in [7, 11) is 0. The second-order valence-electron chi connectivity index (χ2n) is 3.86. The molecule has 3 atom stereocenters. The Morgan fingerprint density at radius 2 is 1.88 bits per heavy atom. The molecule has 0 amide bonds. The quantitative estimate of drug-likeness (QED) is 0.446. The summed E-state index contributed by atoms with van der Waals surface area (Å²) in [5, 5.41) is 10.8. The molecule has 1 aromatic carbocycles. The van der Waals surface area contributed by atoms with Crippen LogP contribution < -0.4 is 11.5 Å². The van der Waals surface area contributed by atoms with E-state index in [1.807, 2.05) is 30.3 Å². The van der Waals surface area contributed by atoms with Crippen LogP contribution in [0.1, 0.15) is 18.4 Å². The Morgan fingerprint density at radius 3 is 2.29 bits per heavy atom. The molecule has 1 aromatic rings. The minimum atomic E-state index is -0.735. The van der Waals surface area contributed by atoms with E-state index in [4.69, 9.17) is 11.5 Å². The van der Waals surface area contributed by atoms with Crippen molar-refractivity contribution < 1.29 is 4.92 Å². The molecule has 0 bridgehead atoms. The van der Waals surface area contributed by atoms with Gasteiger partial charge in [0.05, 0.1) is 5.92 Å². The van der Waals surface area contributed by atoms with Gasteiger partial charge in [-0.3, -0.25) is 10.1 Å². The Labute approximate surface area is 144 Å². The van der Waals surface area contributed by atoms with Crippen LogP contribution in [0, 0.1) is 10.1 Å². The van der Waals surface area contributed by atoms with Crippen molar-refractivity contribution >= 4 is 51.4 Å². The Balaban J connectivity index is 0.00000256. The Morgan fingerprint density at radius 1 is 1.35 bits per heavy atom. The van der Waals surface area contributed by atoms with E-state index in [2.05, 4.69) is 0 Å². The van der Waals surface area contributed by atoms with Crippen molar-refractivity contribution in [3.8, 4) is 0 Å². The number of nitro groups is 1. The summed E-state index contributed by atoms with van der Waals surface area (Å²) in [4.78, 5) is 10.5. The Kier molecular flexibility index (Phi) is 8.39. The second kappa shape index (κ2) is 8.31. The molecule has 0 radical (unpaired) electrons. The fourth-order valence-electron chi connectivity index (χ4n) is 1.84. The molecule has 0 aliphatic carbocycles. The van der Waals surface area contributed by atoms with E-state index in [1.165, 1.54) is 0 Å². The Hall–Kier alpha value is 0.176. The van der Waals surface area contributed by atoms with Crippen LogP contribution in [0.25, 0.3) is 0 Å². The molecule has 0 aliphatic rings. The van der Waals surface area contributed by atoms with Crippen LogP contribution in [0.3, 0.4) is 0 Å². The average molecular weight is 263 g/mol. The molecule has 4 N–H and O–H groups in total. The van der Waals surface area contributed by atoms with Crippen molar-refractivity contribution in [3.05, 3.63) is 46.0 Å². The van der Waals surface area contributed by atoms with E-state index < -0.39 is 12.1 Å². The first-order valence-electron chi connectivity index (χ1n) is 5.22. The van der Waals surface area contributed by atoms with E-state index in [0.717, 1.165) is 5.56 Å². The first kappa shape index (κ1) is 17.2. The third kappa shape index (κ3) is 4.74. The van der Waals surface area contributed by atoms with Crippen molar-refractivity contribution in [1.29, 1.82) is 0 Å². The maximum absolute atomic E-state index is 10.8. The van der Waals surface area contributed by atoms with E-state index in [1.54, 1.807) is 6.92 Å². The van der Waals surface area contributed by atoms with Crippen molar-refractivity contribution in [2.75, 3.05) is 6.54 Å². The fraction of sp³-hybridized carbons (Fsp3) is 0.455. The zero-order valence-corrected chi connectivity index (χ0v) is 9.24. The van der Waals surface area contributed by atoms with Gasteiger partial charge in [-0.05, 0) is 5.56 Å². The molecule has 1 rings (SSSR count). The van der Waals surface area contributed by atoms with Gasteiger partial charge in [-0.2, -0.15) is 0 Å². The van der Waals surface area contributed by atoms with Gasteiger partial charge in [0.2, 0.25) is 6.04 Å². The van der Waals surface area contributed by atoms with Gasteiger partial charge in [-0.25, -0.2) is 0 Å². The molecular weight excluding hydrogens is 245 g/mol. The summed E-state index contributed by atoms with van der Waals surface area (Å²) in [5.74, 6) is -0.346. The van der Waals surface area contributed by atoms with Crippen LogP contribution in [0.5, 0.6) is 0 Å². The zero-order valence-electron chi connectivity index (χ0n) is 9.24. The molecule has 0 spiro atoms. The third-order valence-corrected chi connectivity index (χ3v) is 2.77. The van der Waals surface area contributed by atoms with Crippen LogP contribution in [0.4, 0.5) is 0 Å². The SMILES string of the molecule is CC(C(c1ccccc1)C(N)CN)[N+](=O)[O-].[KH]. The van der Waals surface area contributed by atoms with E-state index in [9.17, 15) is 10.1 Å². The fourth-order valence-corrected chi connectivity index (χ4v) is 1.84. The van der Waals surface area contributed by atoms with Crippen LogP contribution >= 0.6 is 0 Å². The van der Waals surface area contributed by atoms with Gasteiger partial charge in [-0.1, -0.05) is 30.3 Å². The molecule has 0 heterocycles. The van der Waals surface area contributed by atoms with Gasteiger partial charge in [-0.15, -0.1) is 0 Å². The zero-order chi connectivity index (χ0) is 12.1. The summed E-state index contributed by atoms with van der Waals surface area (Å²) in [6, 6.07) is 8.12. The molecule has 0 aliphatic heterocycles. The molecular formula is C11H18KN3O2. The standard InChI is InChI=1S/C11H17N3O2.K.H/c1-8(14(15)16)11(10(13)7-12)9-5-3-2-4-6-9;;/h2-6,8,10-11H,7,12-13H2,1H3;;. The minimum absolute atomic E-state index is 0.